The van der Waals surface area contributed by atoms with Crippen molar-refractivity contribution in [2.24, 2.45) is 4.99 Å². The van der Waals surface area contributed by atoms with Crippen molar-refractivity contribution in [1.29, 1.82) is 0 Å². The third kappa shape index (κ3) is 4.86. The van der Waals surface area contributed by atoms with Gasteiger partial charge in [-0.05, 0) is 24.1 Å². The summed E-state index contributed by atoms with van der Waals surface area (Å²) in [5, 5.41) is 7.26. The molecular formula is C20H22ClN5. The van der Waals surface area contributed by atoms with Crippen LogP contribution in [0.5, 0.6) is 0 Å². The second-order valence-corrected chi connectivity index (χ2v) is 6.16. The molecule has 5 nitrogen and oxygen atoms in total. The summed E-state index contributed by atoms with van der Waals surface area (Å²) in [6.07, 6.45) is 1.85. The molecule has 6 heteroatoms. The van der Waals surface area contributed by atoms with Crippen molar-refractivity contribution >= 4 is 17.6 Å². The van der Waals surface area contributed by atoms with Gasteiger partial charge in [0.15, 0.2) is 5.96 Å². The average Bonchev–Trinajstić information content (AvgIpc) is 3.15. The number of benzene rings is 2. The summed E-state index contributed by atoms with van der Waals surface area (Å²) in [6.45, 7) is 3.89. The molecule has 3 rings (SSSR count). The number of halogens is 1. The van der Waals surface area contributed by atoms with Gasteiger partial charge < -0.3 is 15.6 Å². The molecule has 0 saturated carbocycles. The molecule has 0 atom stereocenters. The van der Waals surface area contributed by atoms with E-state index in [-0.39, 0.29) is 0 Å². The number of H-pyrrole nitrogens is 1. The quantitative estimate of drug-likeness (QED) is 0.456. The van der Waals surface area contributed by atoms with Gasteiger partial charge in [-0.3, -0.25) is 0 Å². The minimum atomic E-state index is 0.516. The minimum absolute atomic E-state index is 0.516. The van der Waals surface area contributed by atoms with Crippen molar-refractivity contribution < 1.29 is 0 Å². The van der Waals surface area contributed by atoms with E-state index in [0.29, 0.717) is 13.1 Å². The van der Waals surface area contributed by atoms with E-state index in [1.165, 1.54) is 0 Å². The van der Waals surface area contributed by atoms with Crippen LogP contribution >= 0.6 is 11.6 Å². The highest BCUT2D eigenvalue weighted by molar-refractivity contribution is 6.31. The van der Waals surface area contributed by atoms with E-state index in [0.717, 1.165) is 40.2 Å². The summed E-state index contributed by atoms with van der Waals surface area (Å²) in [6, 6.07) is 17.9. The molecule has 0 aliphatic heterocycles. The third-order valence-corrected chi connectivity index (χ3v) is 4.21. The first-order valence-corrected chi connectivity index (χ1v) is 8.99. The van der Waals surface area contributed by atoms with Gasteiger partial charge >= 0.3 is 0 Å². The number of imidazole rings is 1. The van der Waals surface area contributed by atoms with Crippen LogP contribution in [-0.2, 0) is 13.1 Å². The van der Waals surface area contributed by atoms with E-state index >= 15 is 0 Å². The van der Waals surface area contributed by atoms with Crippen LogP contribution in [0.4, 0.5) is 0 Å². The van der Waals surface area contributed by atoms with E-state index in [9.17, 15) is 0 Å². The molecule has 0 saturated heterocycles. The molecule has 3 aromatic rings. The second-order valence-electron chi connectivity index (χ2n) is 5.75. The lowest BCUT2D eigenvalue weighted by molar-refractivity contribution is 0.786. The van der Waals surface area contributed by atoms with Crippen LogP contribution in [0.1, 0.15) is 18.3 Å². The Balaban J connectivity index is 1.63. The molecule has 0 spiro atoms. The largest absolute Gasteiger partial charge is 0.357 e. The number of aromatic nitrogens is 2. The first-order valence-electron chi connectivity index (χ1n) is 8.61. The Kier molecular flexibility index (Phi) is 6.28. The fourth-order valence-corrected chi connectivity index (χ4v) is 2.71. The number of aromatic amines is 1. The highest BCUT2D eigenvalue weighted by atomic mass is 35.5. The summed E-state index contributed by atoms with van der Waals surface area (Å²) in [7, 11) is 0. The molecule has 1 heterocycles. The van der Waals surface area contributed by atoms with Gasteiger partial charge in [0.05, 0.1) is 25.0 Å². The van der Waals surface area contributed by atoms with E-state index < -0.39 is 0 Å². The Morgan fingerprint density at radius 2 is 1.85 bits per heavy atom. The molecule has 2 aromatic carbocycles. The van der Waals surface area contributed by atoms with E-state index in [1.54, 1.807) is 0 Å². The first-order chi connectivity index (χ1) is 12.8. The predicted molar refractivity (Wildman–Crippen MR) is 107 cm³/mol. The minimum Gasteiger partial charge on any atom is -0.357 e. The fraction of sp³-hybridized carbons (Fsp3) is 0.200. The second kappa shape index (κ2) is 9.06. The molecule has 26 heavy (non-hydrogen) atoms. The third-order valence-electron chi connectivity index (χ3n) is 3.85. The van der Waals surface area contributed by atoms with Crippen molar-refractivity contribution in [3.8, 4) is 11.3 Å². The lowest BCUT2D eigenvalue weighted by Gasteiger charge is -2.10. The predicted octanol–water partition coefficient (Wildman–Crippen LogP) is 3.99. The Labute approximate surface area is 158 Å². The van der Waals surface area contributed by atoms with Gasteiger partial charge in [0.25, 0.3) is 0 Å². The molecule has 0 aliphatic carbocycles. The summed E-state index contributed by atoms with van der Waals surface area (Å²) < 4.78 is 0. The Morgan fingerprint density at radius 1 is 1.08 bits per heavy atom. The zero-order valence-corrected chi connectivity index (χ0v) is 15.4. The zero-order valence-electron chi connectivity index (χ0n) is 14.7. The molecule has 0 aliphatic rings. The maximum Gasteiger partial charge on any atom is 0.191 e. The van der Waals surface area contributed by atoms with Crippen molar-refractivity contribution in [2.75, 3.05) is 6.54 Å². The van der Waals surface area contributed by atoms with Crippen molar-refractivity contribution in [1.82, 2.24) is 20.6 Å². The van der Waals surface area contributed by atoms with Crippen LogP contribution in [0.15, 0.2) is 65.8 Å². The normalized spacial score (nSPS) is 11.4. The van der Waals surface area contributed by atoms with Gasteiger partial charge in [0.1, 0.15) is 5.82 Å². The fourth-order valence-electron chi connectivity index (χ4n) is 2.52. The van der Waals surface area contributed by atoms with Gasteiger partial charge in [-0.1, -0.05) is 60.1 Å². The standard InChI is InChI=1S/C20H22ClN5/c1-2-22-20(24-12-16-10-6-7-11-17(16)21)25-14-19-23-13-18(26-19)15-8-4-3-5-9-15/h3-11,13H,2,12,14H2,1H3,(H,23,26)(H2,22,24,25). The number of nitrogens with zero attached hydrogens (tertiary/aromatic N) is 2. The van der Waals surface area contributed by atoms with E-state index in [2.05, 4.69) is 37.7 Å². The Hall–Kier alpha value is -2.79. The maximum absolute atomic E-state index is 6.19. The van der Waals surface area contributed by atoms with Crippen LogP contribution in [0.3, 0.4) is 0 Å². The number of nitrogens with one attached hydrogen (secondary N) is 3. The molecule has 1 aromatic heterocycles. The lowest BCUT2D eigenvalue weighted by atomic mass is 10.2. The van der Waals surface area contributed by atoms with E-state index in [4.69, 9.17) is 11.6 Å². The molecule has 0 fully saturated rings. The summed E-state index contributed by atoms with van der Waals surface area (Å²) in [5.74, 6) is 1.58. The molecule has 0 unspecified atom stereocenters. The number of guanidine groups is 1. The summed E-state index contributed by atoms with van der Waals surface area (Å²) in [4.78, 5) is 12.4. The maximum atomic E-state index is 6.19. The smallest absolute Gasteiger partial charge is 0.191 e. The van der Waals surface area contributed by atoms with Gasteiger partial charge in [-0.15, -0.1) is 0 Å². The van der Waals surface area contributed by atoms with E-state index in [1.807, 2.05) is 55.6 Å². The molecule has 0 bridgehead atoms. The number of aliphatic imine (C=N–C) groups is 1. The van der Waals surface area contributed by atoms with Crippen LogP contribution in [-0.4, -0.2) is 22.5 Å². The first kappa shape index (κ1) is 18.0. The Morgan fingerprint density at radius 3 is 2.62 bits per heavy atom. The van der Waals surface area contributed by atoms with Gasteiger partial charge in [-0.2, -0.15) is 0 Å². The molecule has 3 N–H and O–H groups in total. The number of rotatable bonds is 6. The van der Waals surface area contributed by atoms with Gasteiger partial charge in [0, 0.05) is 11.6 Å². The highest BCUT2D eigenvalue weighted by Crippen LogP contribution is 2.16. The summed E-state index contributed by atoms with van der Waals surface area (Å²) >= 11 is 6.19. The van der Waals surface area contributed by atoms with Gasteiger partial charge in [0.2, 0.25) is 0 Å². The molecule has 0 radical (unpaired) electrons. The lowest BCUT2D eigenvalue weighted by Crippen LogP contribution is -2.37. The number of hydrogen-bond acceptors (Lipinski definition) is 2. The SMILES string of the molecule is CCNC(=NCc1ccccc1Cl)NCc1ncc(-c2ccccc2)[nH]1. The summed E-state index contributed by atoms with van der Waals surface area (Å²) in [5.41, 5.74) is 3.11. The topological polar surface area (TPSA) is 65.1 Å². The van der Waals surface area contributed by atoms with Gasteiger partial charge in [-0.25, -0.2) is 9.98 Å². The monoisotopic (exact) mass is 367 g/mol. The Bertz CT molecular complexity index is 857. The molecule has 0 amide bonds. The van der Waals surface area contributed by atoms with Crippen molar-refractivity contribution in [2.45, 2.75) is 20.0 Å². The van der Waals surface area contributed by atoms with Crippen LogP contribution in [0.25, 0.3) is 11.3 Å². The highest BCUT2D eigenvalue weighted by Gasteiger charge is 2.05. The van der Waals surface area contributed by atoms with Crippen LogP contribution in [0.2, 0.25) is 5.02 Å². The van der Waals surface area contributed by atoms with Crippen molar-refractivity contribution in [3.63, 3.8) is 0 Å². The number of hydrogen-bond donors (Lipinski definition) is 3. The molecular weight excluding hydrogens is 346 g/mol. The van der Waals surface area contributed by atoms with Crippen molar-refractivity contribution in [3.05, 3.63) is 77.2 Å². The molecule has 134 valence electrons. The average molecular weight is 368 g/mol. The zero-order chi connectivity index (χ0) is 18.2. The van der Waals surface area contributed by atoms with Crippen LogP contribution < -0.4 is 10.6 Å². The van der Waals surface area contributed by atoms with Crippen LogP contribution in [0, 0.1) is 0 Å².